The van der Waals surface area contributed by atoms with Crippen molar-refractivity contribution in [2.24, 2.45) is 10.9 Å². The molecule has 2 saturated heterocycles. The average Bonchev–Trinajstić information content (AvgIpc) is 3.14. The number of amidine groups is 1. The van der Waals surface area contributed by atoms with Crippen LogP contribution < -0.4 is 14.4 Å². The number of thioether (sulfide) groups is 1. The molecule has 0 N–H and O–H groups in total. The van der Waals surface area contributed by atoms with E-state index in [0.717, 1.165) is 10.2 Å². The van der Waals surface area contributed by atoms with Crippen LogP contribution in [0.25, 0.3) is 0 Å². The zero-order valence-corrected chi connectivity index (χ0v) is 20.8. The number of aliphatic imine (C=N–C) groups is 1. The lowest BCUT2D eigenvalue weighted by atomic mass is 10.1. The fraction of sp³-hybridized carbons (Fsp3) is 0.600. The third kappa shape index (κ3) is 4.80. The van der Waals surface area contributed by atoms with Crippen LogP contribution >= 0.6 is 27.7 Å². The van der Waals surface area contributed by atoms with Crippen molar-refractivity contribution < 1.29 is 22.7 Å². The molecule has 1 amide bonds. The molecule has 0 aromatic heterocycles. The van der Waals surface area contributed by atoms with E-state index in [4.69, 9.17) is 9.47 Å². The van der Waals surface area contributed by atoms with Gasteiger partial charge in [-0.3, -0.25) is 4.79 Å². The van der Waals surface area contributed by atoms with Crippen LogP contribution in [0.2, 0.25) is 0 Å². The second-order valence-corrected chi connectivity index (χ2v) is 11.5. The molecule has 2 aliphatic heterocycles. The number of halogens is 1. The molecule has 0 radical (unpaired) electrons. The van der Waals surface area contributed by atoms with Crippen molar-refractivity contribution in [3.8, 4) is 11.5 Å². The van der Waals surface area contributed by atoms with Crippen LogP contribution in [0, 0.1) is 5.92 Å². The summed E-state index contributed by atoms with van der Waals surface area (Å²) in [5.41, 5.74) is 0.717. The molecule has 0 saturated carbocycles. The van der Waals surface area contributed by atoms with Gasteiger partial charge in [-0.2, -0.15) is 4.99 Å². The number of carbonyl (C=O) groups is 1. The fourth-order valence-corrected chi connectivity index (χ4v) is 7.90. The van der Waals surface area contributed by atoms with Crippen molar-refractivity contribution in [2.45, 2.75) is 45.4 Å². The predicted octanol–water partition coefficient (Wildman–Crippen LogP) is 3.89. The topological polar surface area (TPSA) is 85.3 Å². The van der Waals surface area contributed by atoms with Gasteiger partial charge in [0, 0.05) is 27.8 Å². The Morgan fingerprint density at radius 3 is 2.47 bits per heavy atom. The average molecular weight is 519 g/mol. The first-order valence-corrected chi connectivity index (χ1v) is 13.6. The number of benzene rings is 1. The molecule has 0 unspecified atom stereocenters. The van der Waals surface area contributed by atoms with Crippen LogP contribution in [0.3, 0.4) is 0 Å². The van der Waals surface area contributed by atoms with E-state index < -0.39 is 9.84 Å². The number of rotatable bonds is 7. The summed E-state index contributed by atoms with van der Waals surface area (Å²) in [5.74, 6) is 0.908. The minimum Gasteiger partial charge on any atom is -0.490 e. The van der Waals surface area contributed by atoms with Gasteiger partial charge in [0.1, 0.15) is 0 Å². The quantitative estimate of drug-likeness (QED) is 0.540. The Bertz CT molecular complexity index is 951. The highest BCUT2D eigenvalue weighted by molar-refractivity contribution is 9.10. The molecule has 1 aromatic rings. The maximum Gasteiger partial charge on any atom is 0.250 e. The third-order valence-corrected chi connectivity index (χ3v) is 9.02. The Hall–Kier alpha value is -1.26. The van der Waals surface area contributed by atoms with E-state index in [0.29, 0.717) is 36.3 Å². The first-order valence-electron chi connectivity index (χ1n) is 10.1. The van der Waals surface area contributed by atoms with E-state index in [1.54, 1.807) is 0 Å². The number of carbonyl (C=O) groups excluding carboxylic acids is 1. The molecule has 3 rings (SSSR count). The van der Waals surface area contributed by atoms with E-state index in [1.807, 2.05) is 44.7 Å². The van der Waals surface area contributed by atoms with Crippen LogP contribution in [-0.2, 0) is 14.6 Å². The number of fused-ring (bicyclic) bond motifs is 1. The number of anilines is 1. The van der Waals surface area contributed by atoms with E-state index >= 15 is 0 Å². The summed E-state index contributed by atoms with van der Waals surface area (Å²) < 4.78 is 36.8. The number of nitrogens with zero attached hydrogens (tertiary/aromatic N) is 2. The van der Waals surface area contributed by atoms with Gasteiger partial charge in [-0.05, 0) is 36.2 Å². The molecule has 7 nitrogen and oxygen atoms in total. The van der Waals surface area contributed by atoms with Gasteiger partial charge in [-0.15, -0.1) is 0 Å². The summed E-state index contributed by atoms with van der Waals surface area (Å²) >= 11 is 4.97. The van der Waals surface area contributed by atoms with Gasteiger partial charge >= 0.3 is 0 Å². The van der Waals surface area contributed by atoms with Gasteiger partial charge in [0.25, 0.3) is 5.91 Å². The number of sulfone groups is 1. The van der Waals surface area contributed by atoms with Gasteiger partial charge in [-0.25, -0.2) is 8.42 Å². The number of ether oxygens (including phenoxy) is 2. The van der Waals surface area contributed by atoms with E-state index in [2.05, 4.69) is 20.9 Å². The second kappa shape index (κ2) is 9.48. The molecule has 0 aliphatic carbocycles. The van der Waals surface area contributed by atoms with Gasteiger partial charge in [0.05, 0.1) is 36.4 Å². The molecule has 0 spiro atoms. The fourth-order valence-electron chi connectivity index (χ4n) is 3.47. The van der Waals surface area contributed by atoms with E-state index in [-0.39, 0.29) is 34.6 Å². The van der Waals surface area contributed by atoms with Crippen LogP contribution in [-0.4, -0.2) is 55.5 Å². The molecule has 3 atom stereocenters. The Morgan fingerprint density at radius 1 is 1.23 bits per heavy atom. The lowest BCUT2D eigenvalue weighted by Crippen LogP contribution is -2.38. The molecule has 1 aromatic carbocycles. The Morgan fingerprint density at radius 2 is 1.87 bits per heavy atom. The predicted molar refractivity (Wildman–Crippen MR) is 125 cm³/mol. The first-order chi connectivity index (χ1) is 14.2. The highest BCUT2D eigenvalue weighted by Gasteiger charge is 2.50. The van der Waals surface area contributed by atoms with Crippen molar-refractivity contribution in [1.82, 2.24) is 0 Å². The smallest absolute Gasteiger partial charge is 0.250 e. The van der Waals surface area contributed by atoms with E-state index in [9.17, 15) is 13.2 Å². The SMILES string of the molecule is CCOc1cc(Br)c(N2C(=NC(=O)[C@H](C)CC)S[C@@H]3CS(=O)(=O)C[C@H]32)cc1OCC. The molecule has 2 aliphatic rings. The molecule has 0 bridgehead atoms. The van der Waals surface area contributed by atoms with Crippen molar-refractivity contribution in [1.29, 1.82) is 0 Å². The Labute approximate surface area is 190 Å². The lowest BCUT2D eigenvalue weighted by Gasteiger charge is -2.27. The summed E-state index contributed by atoms with van der Waals surface area (Å²) in [4.78, 5) is 18.8. The molecule has 2 heterocycles. The van der Waals surface area contributed by atoms with Gasteiger partial charge in [0.15, 0.2) is 26.5 Å². The van der Waals surface area contributed by atoms with Crippen LogP contribution in [0.4, 0.5) is 5.69 Å². The van der Waals surface area contributed by atoms with Crippen LogP contribution in [0.5, 0.6) is 11.5 Å². The highest BCUT2D eigenvalue weighted by Crippen LogP contribution is 2.46. The number of amides is 1. The number of hydrogen-bond donors (Lipinski definition) is 0. The lowest BCUT2D eigenvalue weighted by molar-refractivity contribution is -0.121. The normalized spacial score (nSPS) is 24.7. The summed E-state index contributed by atoms with van der Waals surface area (Å²) in [7, 11) is -3.14. The van der Waals surface area contributed by atoms with Gasteiger partial charge in [-0.1, -0.05) is 25.6 Å². The molecule has 10 heteroatoms. The summed E-state index contributed by atoms with van der Waals surface area (Å²) in [6, 6.07) is 3.36. The van der Waals surface area contributed by atoms with Crippen molar-refractivity contribution in [3.63, 3.8) is 0 Å². The van der Waals surface area contributed by atoms with Crippen molar-refractivity contribution in [2.75, 3.05) is 29.6 Å². The van der Waals surface area contributed by atoms with Crippen LogP contribution in [0.1, 0.15) is 34.1 Å². The maximum atomic E-state index is 12.5. The summed E-state index contributed by atoms with van der Waals surface area (Å²) in [6.07, 6.45) is 0.697. The highest BCUT2D eigenvalue weighted by atomic mass is 79.9. The maximum absolute atomic E-state index is 12.5. The molecular formula is C20H27BrN2O5S2. The van der Waals surface area contributed by atoms with Gasteiger partial charge < -0.3 is 14.4 Å². The monoisotopic (exact) mass is 518 g/mol. The Balaban J connectivity index is 2.09. The zero-order valence-electron chi connectivity index (χ0n) is 17.6. The van der Waals surface area contributed by atoms with Gasteiger partial charge in [0.2, 0.25) is 0 Å². The standard InChI is InChI=1S/C20H27BrN2O5S2/c1-5-12(4)19(24)22-20-23(15-10-30(25,26)11-18(15)29-20)14-9-17(28-7-3)16(27-6-2)8-13(14)21/h8-9,12,15,18H,5-7,10-11H2,1-4H3/t12-,15-,18-/m1/s1. The van der Waals surface area contributed by atoms with Crippen LogP contribution in [0.15, 0.2) is 21.6 Å². The number of hydrogen-bond acceptors (Lipinski definition) is 6. The zero-order chi connectivity index (χ0) is 22.1. The molecular weight excluding hydrogens is 492 g/mol. The molecule has 166 valence electrons. The minimum atomic E-state index is -3.14. The minimum absolute atomic E-state index is 0.0326. The summed E-state index contributed by atoms with van der Waals surface area (Å²) in [6.45, 7) is 8.53. The second-order valence-electron chi connectivity index (χ2n) is 7.33. The summed E-state index contributed by atoms with van der Waals surface area (Å²) in [5, 5.41) is 0.380. The van der Waals surface area contributed by atoms with Crippen molar-refractivity contribution in [3.05, 3.63) is 16.6 Å². The molecule has 30 heavy (non-hydrogen) atoms. The van der Waals surface area contributed by atoms with E-state index in [1.165, 1.54) is 11.8 Å². The third-order valence-electron chi connectivity index (χ3n) is 5.18. The van der Waals surface area contributed by atoms with Crippen molar-refractivity contribution >= 4 is 54.3 Å². The molecule has 2 fully saturated rings. The first kappa shape index (κ1) is 23.4. The Kier molecular flexibility index (Phi) is 7.40. The largest absolute Gasteiger partial charge is 0.490 e.